The van der Waals surface area contributed by atoms with E-state index in [-0.39, 0.29) is 5.91 Å². The number of aromatic nitrogens is 2. The van der Waals surface area contributed by atoms with Gasteiger partial charge in [-0.05, 0) is 30.2 Å². The van der Waals surface area contributed by atoms with E-state index in [2.05, 4.69) is 22.4 Å². The number of anilines is 1. The van der Waals surface area contributed by atoms with E-state index < -0.39 is 0 Å². The Kier molecular flexibility index (Phi) is 6.09. The lowest BCUT2D eigenvalue weighted by Crippen LogP contribution is -2.07. The Bertz CT molecular complexity index is 635. The number of aryl methyl sites for hydroxylation is 1. The van der Waals surface area contributed by atoms with Crippen molar-refractivity contribution in [1.82, 2.24) is 10.2 Å². The maximum atomic E-state index is 11.8. The zero-order valence-corrected chi connectivity index (χ0v) is 13.5. The Morgan fingerprint density at radius 3 is 2.77 bits per heavy atom. The van der Waals surface area contributed by atoms with Crippen molar-refractivity contribution in [2.75, 3.05) is 12.4 Å². The SMILES string of the molecule is CCCCc1nnc(NC(=O)/C=C/c2ccc(OC)cc2)s1. The average molecular weight is 317 g/mol. The second-order valence-corrected chi connectivity index (χ2v) is 5.76. The number of carbonyl (C=O) groups is 1. The number of hydrogen-bond donors (Lipinski definition) is 1. The van der Waals surface area contributed by atoms with Crippen molar-refractivity contribution in [3.05, 3.63) is 40.9 Å². The Hall–Kier alpha value is -2.21. The van der Waals surface area contributed by atoms with Crippen molar-refractivity contribution < 1.29 is 9.53 Å². The smallest absolute Gasteiger partial charge is 0.250 e. The van der Waals surface area contributed by atoms with Crippen molar-refractivity contribution in [1.29, 1.82) is 0 Å². The van der Waals surface area contributed by atoms with Gasteiger partial charge in [0.1, 0.15) is 10.8 Å². The first kappa shape index (κ1) is 16.2. The van der Waals surface area contributed by atoms with E-state index in [1.807, 2.05) is 24.3 Å². The van der Waals surface area contributed by atoms with Gasteiger partial charge in [0.25, 0.3) is 0 Å². The molecule has 6 heteroatoms. The Balaban J connectivity index is 1.88. The van der Waals surface area contributed by atoms with E-state index in [0.717, 1.165) is 35.6 Å². The third kappa shape index (κ3) is 4.96. The third-order valence-electron chi connectivity index (χ3n) is 2.98. The Morgan fingerprint density at radius 1 is 1.32 bits per heavy atom. The maximum absolute atomic E-state index is 11.8. The molecule has 2 aromatic rings. The van der Waals surface area contributed by atoms with Gasteiger partial charge in [0.05, 0.1) is 7.11 Å². The van der Waals surface area contributed by atoms with Gasteiger partial charge in [-0.15, -0.1) is 10.2 Å². The standard InChI is InChI=1S/C16H19N3O2S/c1-3-4-5-15-18-19-16(22-15)17-14(20)11-8-12-6-9-13(21-2)10-7-12/h6-11H,3-5H2,1-2H3,(H,17,19,20)/b11-8+. The lowest BCUT2D eigenvalue weighted by atomic mass is 10.2. The fraction of sp³-hybridized carbons (Fsp3) is 0.312. The summed E-state index contributed by atoms with van der Waals surface area (Å²) in [5, 5.41) is 12.3. The molecule has 1 aromatic carbocycles. The molecule has 0 radical (unpaired) electrons. The van der Waals surface area contributed by atoms with Gasteiger partial charge in [0, 0.05) is 12.5 Å². The van der Waals surface area contributed by atoms with Crippen LogP contribution in [-0.2, 0) is 11.2 Å². The molecule has 0 bridgehead atoms. The third-order valence-corrected chi connectivity index (χ3v) is 3.88. The number of carbonyl (C=O) groups excluding carboxylic acids is 1. The average Bonchev–Trinajstić information content (AvgIpc) is 2.98. The van der Waals surface area contributed by atoms with Gasteiger partial charge in [-0.1, -0.05) is 36.8 Å². The van der Waals surface area contributed by atoms with E-state index in [9.17, 15) is 4.79 Å². The van der Waals surface area contributed by atoms with Crippen LogP contribution in [0, 0.1) is 0 Å². The van der Waals surface area contributed by atoms with Gasteiger partial charge >= 0.3 is 0 Å². The van der Waals surface area contributed by atoms with Crippen molar-refractivity contribution in [3.63, 3.8) is 0 Å². The molecule has 0 saturated carbocycles. The lowest BCUT2D eigenvalue weighted by molar-refractivity contribution is -0.111. The predicted octanol–water partition coefficient (Wildman–Crippen LogP) is 3.54. The minimum atomic E-state index is -0.214. The van der Waals surface area contributed by atoms with Crippen molar-refractivity contribution >= 4 is 28.5 Å². The van der Waals surface area contributed by atoms with Crippen molar-refractivity contribution in [2.24, 2.45) is 0 Å². The molecule has 116 valence electrons. The summed E-state index contributed by atoms with van der Waals surface area (Å²) in [6.07, 6.45) is 6.33. The summed E-state index contributed by atoms with van der Waals surface area (Å²) in [5.74, 6) is 0.573. The number of amides is 1. The molecule has 0 aliphatic rings. The lowest BCUT2D eigenvalue weighted by Gasteiger charge is -1.99. The van der Waals surface area contributed by atoms with E-state index in [1.165, 1.54) is 17.4 Å². The molecule has 1 N–H and O–H groups in total. The number of nitrogens with one attached hydrogen (secondary N) is 1. The molecule has 22 heavy (non-hydrogen) atoms. The molecule has 0 aliphatic heterocycles. The summed E-state index contributed by atoms with van der Waals surface area (Å²) in [4.78, 5) is 11.8. The fourth-order valence-electron chi connectivity index (χ4n) is 1.77. The summed E-state index contributed by atoms with van der Waals surface area (Å²) in [7, 11) is 1.62. The largest absolute Gasteiger partial charge is 0.497 e. The second-order valence-electron chi connectivity index (χ2n) is 4.70. The van der Waals surface area contributed by atoms with Crippen LogP contribution in [0.2, 0.25) is 0 Å². The number of nitrogens with zero attached hydrogens (tertiary/aromatic N) is 2. The highest BCUT2D eigenvalue weighted by atomic mass is 32.1. The van der Waals surface area contributed by atoms with Crippen LogP contribution in [0.5, 0.6) is 5.75 Å². The predicted molar refractivity (Wildman–Crippen MR) is 89.2 cm³/mol. The van der Waals surface area contributed by atoms with E-state index in [4.69, 9.17) is 4.74 Å². The first-order chi connectivity index (χ1) is 10.7. The van der Waals surface area contributed by atoms with E-state index in [0.29, 0.717) is 5.13 Å². The van der Waals surface area contributed by atoms with Crippen LogP contribution in [0.3, 0.4) is 0 Å². The molecule has 0 atom stereocenters. The van der Waals surface area contributed by atoms with Gasteiger partial charge in [0.2, 0.25) is 11.0 Å². The molecule has 2 rings (SSSR count). The number of rotatable bonds is 7. The number of methoxy groups -OCH3 is 1. The van der Waals surface area contributed by atoms with E-state index >= 15 is 0 Å². The first-order valence-corrected chi connectivity index (χ1v) is 7.98. The van der Waals surface area contributed by atoms with Crippen molar-refractivity contribution in [3.8, 4) is 5.75 Å². The van der Waals surface area contributed by atoms with Gasteiger partial charge in [-0.2, -0.15) is 0 Å². The van der Waals surface area contributed by atoms with Crippen LogP contribution < -0.4 is 10.1 Å². The van der Waals surface area contributed by atoms with Gasteiger partial charge in [0.15, 0.2) is 0 Å². The topological polar surface area (TPSA) is 64.1 Å². The van der Waals surface area contributed by atoms with E-state index in [1.54, 1.807) is 13.2 Å². The molecule has 5 nitrogen and oxygen atoms in total. The normalized spacial score (nSPS) is 10.8. The Morgan fingerprint density at radius 2 is 2.09 bits per heavy atom. The molecule has 1 heterocycles. The number of hydrogen-bond acceptors (Lipinski definition) is 5. The van der Waals surface area contributed by atoms with Crippen LogP contribution in [0.25, 0.3) is 6.08 Å². The first-order valence-electron chi connectivity index (χ1n) is 7.16. The number of ether oxygens (including phenoxy) is 1. The highest BCUT2D eigenvalue weighted by Gasteiger charge is 2.05. The minimum absolute atomic E-state index is 0.214. The van der Waals surface area contributed by atoms with Crippen LogP contribution in [0.4, 0.5) is 5.13 Å². The van der Waals surface area contributed by atoms with Gasteiger partial charge in [-0.3, -0.25) is 10.1 Å². The summed E-state index contributed by atoms with van der Waals surface area (Å²) in [6.45, 7) is 2.13. The molecule has 0 unspecified atom stereocenters. The molecular formula is C16H19N3O2S. The maximum Gasteiger partial charge on any atom is 0.250 e. The number of benzene rings is 1. The molecular weight excluding hydrogens is 298 g/mol. The monoisotopic (exact) mass is 317 g/mol. The Labute approximate surface area is 134 Å². The minimum Gasteiger partial charge on any atom is -0.497 e. The van der Waals surface area contributed by atoms with Crippen LogP contribution >= 0.6 is 11.3 Å². The summed E-state index contributed by atoms with van der Waals surface area (Å²) in [5.41, 5.74) is 0.928. The fourth-order valence-corrected chi connectivity index (χ4v) is 2.55. The van der Waals surface area contributed by atoms with Crippen LogP contribution in [-0.4, -0.2) is 23.2 Å². The zero-order chi connectivity index (χ0) is 15.8. The van der Waals surface area contributed by atoms with Crippen molar-refractivity contribution in [2.45, 2.75) is 26.2 Å². The zero-order valence-electron chi connectivity index (χ0n) is 12.7. The quantitative estimate of drug-likeness (QED) is 0.793. The molecule has 0 saturated heterocycles. The summed E-state index contributed by atoms with van der Waals surface area (Å²) in [6, 6.07) is 7.47. The van der Waals surface area contributed by atoms with Crippen LogP contribution in [0.15, 0.2) is 30.3 Å². The highest BCUT2D eigenvalue weighted by molar-refractivity contribution is 7.15. The molecule has 0 spiro atoms. The molecule has 0 aliphatic carbocycles. The molecule has 1 aromatic heterocycles. The summed E-state index contributed by atoms with van der Waals surface area (Å²) >= 11 is 1.42. The summed E-state index contributed by atoms with van der Waals surface area (Å²) < 4.78 is 5.09. The molecule has 1 amide bonds. The second kappa shape index (κ2) is 8.29. The van der Waals surface area contributed by atoms with Gasteiger partial charge < -0.3 is 4.74 Å². The van der Waals surface area contributed by atoms with Crippen LogP contribution in [0.1, 0.15) is 30.3 Å². The highest BCUT2D eigenvalue weighted by Crippen LogP contribution is 2.17. The molecule has 0 fully saturated rings. The van der Waals surface area contributed by atoms with Gasteiger partial charge in [-0.25, -0.2) is 0 Å². The number of unbranched alkanes of at least 4 members (excludes halogenated alkanes) is 1.